The average Bonchev–Trinajstić information content (AvgIpc) is 2.79. The molecule has 3 aromatic rings. The zero-order valence-electron chi connectivity index (χ0n) is 19.1. The number of unbranched alkanes of at least 4 members (excludes halogenated alkanes) is 3. The molecule has 0 aliphatic rings. The molecule has 0 radical (unpaired) electrons. The first-order chi connectivity index (χ1) is 15.4. The van der Waals surface area contributed by atoms with Gasteiger partial charge in [-0.1, -0.05) is 68.7 Å². The average molecular weight is 455 g/mol. The van der Waals surface area contributed by atoms with Crippen LogP contribution in [0.1, 0.15) is 57.1 Å². The normalized spacial score (nSPS) is 12.9. The maximum absolute atomic E-state index is 11.1. The lowest BCUT2D eigenvalue weighted by atomic mass is 9.96. The van der Waals surface area contributed by atoms with Gasteiger partial charge in [-0.3, -0.25) is 9.55 Å². The Morgan fingerprint density at radius 2 is 1.81 bits per heavy atom. The Hall–Kier alpha value is -2.04. The van der Waals surface area contributed by atoms with Gasteiger partial charge in [0.05, 0.1) is 11.7 Å². The summed E-state index contributed by atoms with van der Waals surface area (Å²) in [6.45, 7) is 4.79. The molecule has 172 valence electrons. The molecule has 3 N–H and O–H groups in total. The first-order valence-electron chi connectivity index (χ1n) is 11.6. The number of fused-ring (bicyclic) bond motifs is 1. The Morgan fingerprint density at radius 3 is 2.53 bits per heavy atom. The van der Waals surface area contributed by atoms with E-state index in [4.69, 9.17) is 9.79 Å². The van der Waals surface area contributed by atoms with E-state index in [9.17, 15) is 4.57 Å². The van der Waals surface area contributed by atoms with Crippen molar-refractivity contribution in [2.24, 2.45) is 0 Å². The van der Waals surface area contributed by atoms with Gasteiger partial charge < -0.3 is 15.1 Å². The maximum Gasteiger partial charge on any atom is 0.325 e. The lowest BCUT2D eigenvalue weighted by Crippen LogP contribution is -2.26. The third-order valence-electron chi connectivity index (χ3n) is 5.93. The van der Waals surface area contributed by atoms with Crippen molar-refractivity contribution in [3.05, 3.63) is 65.9 Å². The minimum atomic E-state index is -3.96. The van der Waals surface area contributed by atoms with Crippen molar-refractivity contribution in [3.63, 3.8) is 0 Å². The van der Waals surface area contributed by atoms with Gasteiger partial charge in [-0.15, -0.1) is 0 Å². The van der Waals surface area contributed by atoms with Gasteiger partial charge in [0, 0.05) is 24.2 Å². The van der Waals surface area contributed by atoms with Crippen LogP contribution in [0, 0.1) is 0 Å². The topological polar surface area (TPSA) is 82.5 Å². The molecule has 1 unspecified atom stereocenters. The van der Waals surface area contributed by atoms with Gasteiger partial charge in [-0.05, 0) is 54.5 Å². The highest BCUT2D eigenvalue weighted by Gasteiger charge is 2.15. The summed E-state index contributed by atoms with van der Waals surface area (Å²) in [5.41, 5.74) is 5.79. The number of aryl methyl sites for hydroxylation is 1. The highest BCUT2D eigenvalue weighted by atomic mass is 31.2. The minimum Gasteiger partial charge on any atom is -0.324 e. The second kappa shape index (κ2) is 11.7. The maximum atomic E-state index is 11.1. The quantitative estimate of drug-likeness (QED) is 0.229. The minimum absolute atomic E-state index is 0.00549. The summed E-state index contributed by atoms with van der Waals surface area (Å²) in [6, 6.07) is 17.2. The molecule has 1 heterocycles. The molecule has 5 nitrogen and oxygen atoms in total. The fourth-order valence-corrected chi connectivity index (χ4v) is 4.70. The molecule has 0 saturated heterocycles. The van der Waals surface area contributed by atoms with Crippen LogP contribution in [0.15, 0.2) is 54.7 Å². The second-order valence-electron chi connectivity index (χ2n) is 8.64. The van der Waals surface area contributed by atoms with E-state index in [0.29, 0.717) is 13.0 Å². The summed E-state index contributed by atoms with van der Waals surface area (Å²) in [6.07, 6.45) is 8.38. The van der Waals surface area contributed by atoms with Crippen molar-refractivity contribution in [2.45, 2.75) is 65.0 Å². The summed E-state index contributed by atoms with van der Waals surface area (Å²) in [7, 11) is -3.96. The molecule has 1 aromatic heterocycles. The Balaban J connectivity index is 1.73. The molecule has 0 fully saturated rings. The first kappa shape index (κ1) is 24.6. The van der Waals surface area contributed by atoms with Crippen LogP contribution in [-0.4, -0.2) is 27.0 Å². The largest absolute Gasteiger partial charge is 0.325 e. The second-order valence-corrected chi connectivity index (χ2v) is 10.4. The molecule has 0 aliphatic heterocycles. The van der Waals surface area contributed by atoms with Crippen LogP contribution in [0.5, 0.6) is 0 Å². The first-order valence-corrected chi connectivity index (χ1v) is 13.4. The summed E-state index contributed by atoms with van der Waals surface area (Å²) < 4.78 is 11.1. The van der Waals surface area contributed by atoms with Gasteiger partial charge in [0.25, 0.3) is 0 Å². The molecular weight excluding hydrogens is 419 g/mol. The van der Waals surface area contributed by atoms with E-state index in [0.717, 1.165) is 22.9 Å². The van der Waals surface area contributed by atoms with E-state index in [-0.39, 0.29) is 12.2 Å². The van der Waals surface area contributed by atoms with Crippen LogP contribution in [0.4, 0.5) is 0 Å². The number of aromatic nitrogens is 1. The molecule has 0 aliphatic carbocycles. The molecule has 0 spiro atoms. The van der Waals surface area contributed by atoms with E-state index < -0.39 is 7.60 Å². The molecule has 0 amide bonds. The zero-order chi connectivity index (χ0) is 23.0. The number of nitrogens with one attached hydrogen (secondary N) is 1. The molecule has 0 bridgehead atoms. The van der Waals surface area contributed by atoms with Crippen LogP contribution >= 0.6 is 7.60 Å². The van der Waals surface area contributed by atoms with Crippen LogP contribution in [0.2, 0.25) is 0 Å². The van der Waals surface area contributed by atoms with E-state index in [1.807, 2.05) is 19.2 Å². The number of nitrogens with zero attached hydrogens (tertiary/aromatic N) is 1. The fourth-order valence-electron chi connectivity index (χ4n) is 3.98. The standard InChI is InChI=1S/C26H35N2O3P/c1-3-4-5-6-8-21-10-12-22(13-11-21)24-15-14-23(26-25(24)9-7-17-27-26)19-28-20(2)16-18-32(29,30)31/h7,9-15,17,20,28H,3-6,8,16,18-19H2,1-2H3,(H2,29,30,31). The zero-order valence-corrected chi connectivity index (χ0v) is 20.0. The molecule has 0 saturated carbocycles. The van der Waals surface area contributed by atoms with Gasteiger partial charge in [0.1, 0.15) is 0 Å². The number of pyridine rings is 1. The van der Waals surface area contributed by atoms with E-state index in [1.165, 1.54) is 42.4 Å². The monoisotopic (exact) mass is 454 g/mol. The van der Waals surface area contributed by atoms with Crippen molar-refractivity contribution in [1.82, 2.24) is 10.3 Å². The third kappa shape index (κ3) is 7.25. The fraction of sp³-hybridized carbons (Fsp3) is 0.423. The third-order valence-corrected chi connectivity index (χ3v) is 6.77. The predicted octanol–water partition coefficient (Wildman–Crippen LogP) is 6.07. The van der Waals surface area contributed by atoms with Crippen molar-refractivity contribution in [1.29, 1.82) is 0 Å². The Bertz CT molecular complexity index is 1050. The van der Waals surface area contributed by atoms with Crippen LogP contribution < -0.4 is 5.32 Å². The number of hydrogen-bond donors (Lipinski definition) is 3. The molecular formula is C26H35N2O3P. The summed E-state index contributed by atoms with van der Waals surface area (Å²) >= 11 is 0. The lowest BCUT2D eigenvalue weighted by Gasteiger charge is -2.16. The predicted molar refractivity (Wildman–Crippen MR) is 133 cm³/mol. The van der Waals surface area contributed by atoms with Crippen LogP contribution in [0.3, 0.4) is 0 Å². The van der Waals surface area contributed by atoms with Gasteiger partial charge in [-0.25, -0.2) is 0 Å². The van der Waals surface area contributed by atoms with Crippen molar-refractivity contribution in [3.8, 4) is 11.1 Å². The molecule has 32 heavy (non-hydrogen) atoms. The van der Waals surface area contributed by atoms with Crippen molar-refractivity contribution >= 4 is 18.5 Å². The van der Waals surface area contributed by atoms with E-state index >= 15 is 0 Å². The Morgan fingerprint density at radius 1 is 1.03 bits per heavy atom. The van der Waals surface area contributed by atoms with E-state index in [2.05, 4.69) is 59.7 Å². The van der Waals surface area contributed by atoms with Gasteiger partial charge in [-0.2, -0.15) is 0 Å². The molecule has 1 atom stereocenters. The molecule has 3 rings (SSSR count). The van der Waals surface area contributed by atoms with E-state index in [1.54, 1.807) is 0 Å². The molecule has 6 heteroatoms. The molecule has 2 aromatic carbocycles. The summed E-state index contributed by atoms with van der Waals surface area (Å²) in [5, 5.41) is 4.49. The number of rotatable bonds is 12. The Kier molecular flexibility index (Phi) is 9.01. The van der Waals surface area contributed by atoms with Crippen molar-refractivity contribution in [2.75, 3.05) is 6.16 Å². The SMILES string of the molecule is CCCCCCc1ccc(-c2ccc(CNC(C)CCP(=O)(O)O)c3ncccc23)cc1. The van der Waals surface area contributed by atoms with Crippen LogP contribution in [0.25, 0.3) is 22.0 Å². The smallest absolute Gasteiger partial charge is 0.324 e. The highest BCUT2D eigenvalue weighted by molar-refractivity contribution is 7.51. The lowest BCUT2D eigenvalue weighted by molar-refractivity contribution is 0.367. The van der Waals surface area contributed by atoms with Gasteiger partial charge >= 0.3 is 7.60 Å². The summed E-state index contributed by atoms with van der Waals surface area (Å²) in [5.74, 6) is 0. The van der Waals surface area contributed by atoms with Gasteiger partial charge in [0.15, 0.2) is 0 Å². The van der Waals surface area contributed by atoms with Crippen LogP contribution in [-0.2, 0) is 17.5 Å². The number of benzene rings is 2. The Labute approximate surface area is 191 Å². The van der Waals surface area contributed by atoms with Gasteiger partial charge in [0.2, 0.25) is 0 Å². The highest BCUT2D eigenvalue weighted by Crippen LogP contribution is 2.35. The number of hydrogen-bond acceptors (Lipinski definition) is 3. The summed E-state index contributed by atoms with van der Waals surface area (Å²) in [4.78, 5) is 22.8. The van der Waals surface area contributed by atoms with Crippen molar-refractivity contribution < 1.29 is 14.4 Å².